The molecule has 0 aromatic heterocycles. The number of carbonyl (C=O) groups excluding carboxylic acids is 2. The Morgan fingerprint density at radius 2 is 1.04 bits per heavy atom. The Balaban J connectivity index is 0.000000167. The largest absolute Gasteiger partial charge is 0.481 e. The number of cyclic esters (lactones) is 2. The van der Waals surface area contributed by atoms with Gasteiger partial charge in [0.15, 0.2) is 0 Å². The fourth-order valence-electron chi connectivity index (χ4n) is 2.66. The quantitative estimate of drug-likeness (QED) is 0.288. The van der Waals surface area contributed by atoms with Gasteiger partial charge in [0.2, 0.25) is 0 Å². The van der Waals surface area contributed by atoms with Crippen molar-refractivity contribution in [1.29, 1.82) is 0 Å². The molecule has 1 heterocycles. The van der Waals surface area contributed by atoms with Crippen LogP contribution in [0.1, 0.15) is 0 Å². The van der Waals surface area contributed by atoms with Gasteiger partial charge in [-0.3, -0.25) is 19.2 Å². The summed E-state index contributed by atoms with van der Waals surface area (Å²) in [5, 5.41) is 17.3. The highest BCUT2D eigenvalue weighted by molar-refractivity contribution is 9.12. The highest BCUT2D eigenvalue weighted by Gasteiger charge is 2.62. The van der Waals surface area contributed by atoms with Crippen LogP contribution in [-0.2, 0) is 23.9 Å². The van der Waals surface area contributed by atoms with Crippen LogP contribution in [0.4, 0.5) is 0 Å². The SMILES string of the molecule is O=C(O)C1C(Br)C(Br)C1C(=O)O.O=C1OC(=O)C2C(Br)C(Br)C12. The number of carboxylic acid groups (broad SMARTS) is 2. The molecule has 128 valence electrons. The maximum atomic E-state index is 10.9. The van der Waals surface area contributed by atoms with Crippen LogP contribution in [-0.4, -0.2) is 53.4 Å². The molecule has 2 N–H and O–H groups in total. The van der Waals surface area contributed by atoms with E-state index in [4.69, 9.17) is 10.2 Å². The standard InChI is InChI=1S/C6H6Br2O4.C6H4Br2O3/c7-3-1(5(9)10)2(4(3)8)6(11)12;7-3-1-2(4(3)8)6(10)11-5(1)9/h1-4H,(H,9,10)(H,11,12);1-4H. The summed E-state index contributed by atoms with van der Waals surface area (Å²) in [6.07, 6.45) is 0. The molecule has 23 heavy (non-hydrogen) atoms. The van der Waals surface area contributed by atoms with Crippen molar-refractivity contribution in [2.75, 3.05) is 0 Å². The molecule has 0 aromatic rings. The van der Waals surface area contributed by atoms with E-state index >= 15 is 0 Å². The first-order chi connectivity index (χ1) is 10.6. The normalized spacial score (nSPS) is 44.0. The van der Waals surface area contributed by atoms with E-state index in [-0.39, 0.29) is 31.1 Å². The highest BCUT2D eigenvalue weighted by atomic mass is 79.9. The predicted octanol–water partition coefficient (Wildman–Crippen LogP) is 1.77. The van der Waals surface area contributed by atoms with E-state index in [0.717, 1.165) is 0 Å². The molecule has 0 bridgehead atoms. The average molecular weight is 586 g/mol. The van der Waals surface area contributed by atoms with Crippen LogP contribution in [0.15, 0.2) is 0 Å². The summed E-state index contributed by atoms with van der Waals surface area (Å²) in [7, 11) is 0. The molecule has 8 unspecified atom stereocenters. The van der Waals surface area contributed by atoms with Crippen LogP contribution in [0.3, 0.4) is 0 Å². The van der Waals surface area contributed by atoms with Crippen molar-refractivity contribution < 1.29 is 34.1 Å². The van der Waals surface area contributed by atoms with E-state index in [1.165, 1.54) is 0 Å². The summed E-state index contributed by atoms with van der Waals surface area (Å²) < 4.78 is 4.45. The van der Waals surface area contributed by atoms with Gasteiger partial charge in [-0.25, -0.2) is 0 Å². The smallest absolute Gasteiger partial charge is 0.318 e. The van der Waals surface area contributed by atoms with Crippen LogP contribution in [0.5, 0.6) is 0 Å². The number of ether oxygens (including phenoxy) is 1. The van der Waals surface area contributed by atoms with Crippen molar-refractivity contribution >= 4 is 87.6 Å². The van der Waals surface area contributed by atoms with E-state index in [9.17, 15) is 19.2 Å². The van der Waals surface area contributed by atoms with Crippen molar-refractivity contribution in [1.82, 2.24) is 0 Å². The maximum absolute atomic E-state index is 10.9. The van der Waals surface area contributed by atoms with E-state index < -0.39 is 35.7 Å². The number of hydrogen-bond acceptors (Lipinski definition) is 5. The first-order valence-electron chi connectivity index (χ1n) is 6.37. The number of rotatable bonds is 2. The summed E-state index contributed by atoms with van der Waals surface area (Å²) in [4.78, 5) is 42.4. The Morgan fingerprint density at radius 3 is 1.30 bits per heavy atom. The highest BCUT2D eigenvalue weighted by Crippen LogP contribution is 2.49. The molecule has 7 nitrogen and oxygen atoms in total. The summed E-state index contributed by atoms with van der Waals surface area (Å²) in [5.41, 5.74) is 0. The second-order valence-electron chi connectivity index (χ2n) is 5.30. The molecule has 3 fully saturated rings. The van der Waals surface area contributed by atoms with Crippen LogP contribution in [0.25, 0.3) is 0 Å². The lowest BCUT2D eigenvalue weighted by molar-refractivity contribution is -0.158. The molecule has 0 amide bonds. The number of esters is 2. The molecule has 2 saturated carbocycles. The third kappa shape index (κ3) is 3.25. The Labute approximate surface area is 164 Å². The third-order valence-electron chi connectivity index (χ3n) is 4.07. The summed E-state index contributed by atoms with van der Waals surface area (Å²) in [6.45, 7) is 0. The van der Waals surface area contributed by atoms with Crippen LogP contribution in [0, 0.1) is 23.7 Å². The first-order valence-corrected chi connectivity index (χ1v) is 10.0. The zero-order chi connectivity index (χ0) is 17.6. The molecule has 0 aromatic carbocycles. The molecular weight excluding hydrogens is 576 g/mol. The first kappa shape index (κ1) is 19.3. The zero-order valence-corrected chi connectivity index (χ0v) is 17.4. The average Bonchev–Trinajstić information content (AvgIpc) is 2.74. The molecule has 1 saturated heterocycles. The zero-order valence-electron chi connectivity index (χ0n) is 11.1. The minimum atomic E-state index is -1.07. The molecule has 2 aliphatic carbocycles. The van der Waals surface area contributed by atoms with Crippen molar-refractivity contribution in [3.63, 3.8) is 0 Å². The van der Waals surface area contributed by atoms with Gasteiger partial charge in [0.1, 0.15) is 0 Å². The lowest BCUT2D eigenvalue weighted by Crippen LogP contribution is -2.56. The number of fused-ring (bicyclic) bond motifs is 1. The molecule has 11 heteroatoms. The van der Waals surface area contributed by atoms with Gasteiger partial charge in [-0.2, -0.15) is 0 Å². The van der Waals surface area contributed by atoms with Crippen LogP contribution in [0.2, 0.25) is 0 Å². The van der Waals surface area contributed by atoms with Crippen LogP contribution < -0.4 is 0 Å². The minimum absolute atomic E-state index is 0.0476. The van der Waals surface area contributed by atoms with Crippen molar-refractivity contribution in [2.24, 2.45) is 23.7 Å². The lowest BCUT2D eigenvalue weighted by atomic mass is 9.73. The van der Waals surface area contributed by atoms with Crippen molar-refractivity contribution in [2.45, 2.75) is 19.3 Å². The van der Waals surface area contributed by atoms with Gasteiger partial charge in [0.25, 0.3) is 0 Å². The third-order valence-corrected chi connectivity index (χ3v) is 10.0. The second-order valence-corrected chi connectivity index (χ2v) is 9.53. The van der Waals surface area contributed by atoms with Gasteiger partial charge in [-0.1, -0.05) is 63.7 Å². The summed E-state index contributed by atoms with van der Waals surface area (Å²) in [6, 6.07) is 0. The lowest BCUT2D eigenvalue weighted by Gasteiger charge is -2.41. The van der Waals surface area contributed by atoms with Gasteiger partial charge in [-0.15, -0.1) is 0 Å². The Kier molecular flexibility index (Phi) is 5.95. The van der Waals surface area contributed by atoms with Gasteiger partial charge >= 0.3 is 23.9 Å². The van der Waals surface area contributed by atoms with Crippen LogP contribution >= 0.6 is 63.7 Å². The fourth-order valence-corrected chi connectivity index (χ4v) is 6.18. The molecular formula is C12H10Br4O7. The maximum Gasteiger partial charge on any atom is 0.318 e. The number of halogens is 4. The molecule has 3 rings (SSSR count). The Morgan fingerprint density at radius 1 is 0.739 bits per heavy atom. The van der Waals surface area contributed by atoms with Gasteiger partial charge in [-0.05, 0) is 0 Å². The summed E-state index contributed by atoms with van der Waals surface area (Å²) >= 11 is 12.8. The number of aliphatic carboxylic acids is 2. The van der Waals surface area contributed by atoms with E-state index in [1.807, 2.05) is 0 Å². The van der Waals surface area contributed by atoms with Gasteiger partial charge in [0, 0.05) is 19.3 Å². The van der Waals surface area contributed by atoms with Crippen molar-refractivity contribution in [3.8, 4) is 0 Å². The molecule has 8 atom stereocenters. The number of alkyl halides is 4. The van der Waals surface area contributed by atoms with E-state index in [2.05, 4.69) is 68.5 Å². The van der Waals surface area contributed by atoms with Gasteiger partial charge in [0.05, 0.1) is 23.7 Å². The van der Waals surface area contributed by atoms with Gasteiger partial charge < -0.3 is 14.9 Å². The molecule has 0 spiro atoms. The molecule has 3 aliphatic rings. The topological polar surface area (TPSA) is 118 Å². The second kappa shape index (κ2) is 7.09. The summed E-state index contributed by atoms with van der Waals surface area (Å²) in [5.74, 6) is -5.09. The van der Waals surface area contributed by atoms with Crippen molar-refractivity contribution in [3.05, 3.63) is 0 Å². The monoisotopic (exact) mass is 582 g/mol. The molecule has 0 radical (unpaired) electrons. The molecule has 1 aliphatic heterocycles. The number of carboxylic acids is 2. The predicted molar refractivity (Wildman–Crippen MR) is 91.2 cm³/mol. The van der Waals surface area contributed by atoms with E-state index in [0.29, 0.717) is 0 Å². The Hall–Kier alpha value is -0.000000000000000222. The minimum Gasteiger partial charge on any atom is -0.481 e. The van der Waals surface area contributed by atoms with E-state index in [1.54, 1.807) is 0 Å². The number of hydrogen-bond donors (Lipinski definition) is 2. The number of carbonyl (C=O) groups is 4. The fraction of sp³-hybridized carbons (Fsp3) is 0.667. The Bertz CT molecular complexity index is 520.